The van der Waals surface area contributed by atoms with E-state index in [0.29, 0.717) is 32.0 Å². The van der Waals surface area contributed by atoms with E-state index in [2.05, 4.69) is 32.7 Å². The maximum absolute atomic E-state index is 12.7. The van der Waals surface area contributed by atoms with E-state index in [1.807, 2.05) is 19.1 Å². The highest BCUT2D eigenvalue weighted by molar-refractivity contribution is 5.86. The van der Waals surface area contributed by atoms with Crippen molar-refractivity contribution in [2.24, 2.45) is 0 Å². The quantitative estimate of drug-likeness (QED) is 0.650. The maximum atomic E-state index is 12.7. The highest BCUT2D eigenvalue weighted by Crippen LogP contribution is 2.23. The van der Waals surface area contributed by atoms with Crippen LogP contribution in [0.3, 0.4) is 0 Å². The number of carbonyl (C=O) groups excluding carboxylic acids is 2. The second-order valence-electron chi connectivity index (χ2n) is 8.55. The largest absolute Gasteiger partial charge is 0.467 e. The number of hydrogen-bond donors (Lipinski definition) is 1. The Labute approximate surface area is 188 Å². The van der Waals surface area contributed by atoms with Crippen LogP contribution in [-0.2, 0) is 27.3 Å². The molecule has 0 aliphatic carbocycles. The third-order valence-electron chi connectivity index (χ3n) is 6.50. The number of piperidine rings is 1. The van der Waals surface area contributed by atoms with Crippen LogP contribution in [0.4, 0.5) is 5.69 Å². The average Bonchev–Trinajstić information content (AvgIpc) is 3.47. The van der Waals surface area contributed by atoms with Gasteiger partial charge in [0.2, 0.25) is 5.91 Å². The van der Waals surface area contributed by atoms with Crippen LogP contribution in [0, 0.1) is 6.92 Å². The van der Waals surface area contributed by atoms with E-state index in [4.69, 9.17) is 9.37 Å². The normalized spacial score (nSPS) is 19.4. The fourth-order valence-corrected chi connectivity index (χ4v) is 4.54. The fraction of sp³-hybridized carbons (Fsp3) is 0.565. The van der Waals surface area contributed by atoms with Crippen LogP contribution >= 0.6 is 0 Å². The van der Waals surface area contributed by atoms with Gasteiger partial charge < -0.3 is 19.9 Å². The second-order valence-corrected chi connectivity index (χ2v) is 8.55. The summed E-state index contributed by atoms with van der Waals surface area (Å²) in [5.41, 5.74) is 3.83. The van der Waals surface area contributed by atoms with Gasteiger partial charge in [0.25, 0.3) is 0 Å². The average molecular weight is 442 g/mol. The van der Waals surface area contributed by atoms with E-state index in [9.17, 15) is 9.59 Å². The number of amides is 1. The molecule has 1 amide bonds. The molecular formula is C23H31N5O4. The minimum Gasteiger partial charge on any atom is -0.467 e. The van der Waals surface area contributed by atoms with Gasteiger partial charge in [-0.2, -0.15) is 0 Å². The van der Waals surface area contributed by atoms with Gasteiger partial charge in [-0.05, 0) is 50.3 Å². The Hall–Kier alpha value is -2.94. The Bertz CT molecular complexity index is 921. The lowest BCUT2D eigenvalue weighted by Crippen LogP contribution is -2.42. The summed E-state index contributed by atoms with van der Waals surface area (Å²) in [6, 6.07) is 8.21. The van der Waals surface area contributed by atoms with Crippen LogP contribution in [0.15, 0.2) is 28.9 Å². The molecule has 2 aliphatic rings. The van der Waals surface area contributed by atoms with Crippen LogP contribution in [0.2, 0.25) is 0 Å². The van der Waals surface area contributed by atoms with Crippen LogP contribution in [0.1, 0.15) is 42.6 Å². The van der Waals surface area contributed by atoms with Gasteiger partial charge in [-0.15, -0.1) is 0 Å². The standard InChI is InChI=1S/C23H31N5O4/c1-16-20(26-32-25-16)15-24-18-9-12-27(13-10-18)19-7-5-17(6-8-19)14-22(29)28-11-3-4-21(28)23(30)31-2/h5-8,18,21,24H,3-4,9-15H2,1-2H3/t21-/m0/s1. The van der Waals surface area contributed by atoms with Crippen molar-refractivity contribution in [2.45, 2.75) is 57.7 Å². The van der Waals surface area contributed by atoms with E-state index in [-0.39, 0.29) is 11.9 Å². The lowest BCUT2D eigenvalue weighted by Gasteiger charge is -2.34. The Morgan fingerprint density at radius 3 is 2.53 bits per heavy atom. The highest BCUT2D eigenvalue weighted by atomic mass is 16.6. The van der Waals surface area contributed by atoms with Crippen molar-refractivity contribution in [1.82, 2.24) is 20.5 Å². The zero-order valence-electron chi connectivity index (χ0n) is 18.7. The molecule has 2 aliphatic heterocycles. The molecule has 2 saturated heterocycles. The lowest BCUT2D eigenvalue weighted by molar-refractivity contribution is -0.150. The van der Waals surface area contributed by atoms with E-state index < -0.39 is 6.04 Å². The SMILES string of the molecule is COC(=O)[C@@H]1CCCN1C(=O)Cc1ccc(N2CCC(NCc3nonc3C)CC2)cc1. The summed E-state index contributed by atoms with van der Waals surface area (Å²) in [7, 11) is 1.37. The number of benzene rings is 1. The summed E-state index contributed by atoms with van der Waals surface area (Å²) in [5, 5.41) is 11.3. The van der Waals surface area contributed by atoms with Crippen molar-refractivity contribution < 1.29 is 19.0 Å². The number of rotatable bonds is 7. The summed E-state index contributed by atoms with van der Waals surface area (Å²) >= 11 is 0. The van der Waals surface area contributed by atoms with Crippen molar-refractivity contribution in [2.75, 3.05) is 31.6 Å². The predicted molar refractivity (Wildman–Crippen MR) is 118 cm³/mol. The number of esters is 1. The molecule has 0 unspecified atom stereocenters. The fourth-order valence-electron chi connectivity index (χ4n) is 4.54. The van der Waals surface area contributed by atoms with Crippen molar-refractivity contribution in [3.05, 3.63) is 41.2 Å². The number of aryl methyl sites for hydroxylation is 1. The molecule has 9 nitrogen and oxygen atoms in total. The van der Waals surface area contributed by atoms with E-state index >= 15 is 0 Å². The van der Waals surface area contributed by atoms with Gasteiger partial charge in [0, 0.05) is 37.9 Å². The summed E-state index contributed by atoms with van der Waals surface area (Å²) in [4.78, 5) is 28.7. The summed E-state index contributed by atoms with van der Waals surface area (Å²) in [6.07, 6.45) is 3.92. The number of ether oxygens (including phenoxy) is 1. The van der Waals surface area contributed by atoms with E-state index in [1.165, 1.54) is 12.8 Å². The topological polar surface area (TPSA) is 101 Å². The van der Waals surface area contributed by atoms with Gasteiger partial charge in [-0.3, -0.25) is 4.79 Å². The second kappa shape index (κ2) is 10.1. The number of aromatic nitrogens is 2. The Morgan fingerprint density at radius 2 is 1.88 bits per heavy atom. The van der Waals surface area contributed by atoms with E-state index in [1.54, 1.807) is 4.90 Å². The number of carbonyl (C=O) groups is 2. The van der Waals surface area contributed by atoms with Crippen molar-refractivity contribution in [3.8, 4) is 0 Å². The van der Waals surface area contributed by atoms with Crippen molar-refractivity contribution in [1.29, 1.82) is 0 Å². The van der Waals surface area contributed by atoms with Crippen molar-refractivity contribution >= 4 is 17.6 Å². The first-order valence-electron chi connectivity index (χ1n) is 11.3. The first kappa shape index (κ1) is 22.3. The third-order valence-corrected chi connectivity index (χ3v) is 6.50. The third kappa shape index (κ3) is 5.09. The molecule has 1 atom stereocenters. The number of anilines is 1. The first-order chi connectivity index (χ1) is 15.5. The monoisotopic (exact) mass is 441 g/mol. The molecular weight excluding hydrogens is 410 g/mol. The first-order valence-corrected chi connectivity index (χ1v) is 11.3. The van der Waals surface area contributed by atoms with Gasteiger partial charge in [-0.1, -0.05) is 22.4 Å². The minimum absolute atomic E-state index is 0.0184. The predicted octanol–water partition coefficient (Wildman–Crippen LogP) is 1.84. The van der Waals surface area contributed by atoms with Gasteiger partial charge in [0.15, 0.2) is 0 Å². The molecule has 172 valence electrons. The molecule has 1 N–H and O–H groups in total. The Morgan fingerprint density at radius 1 is 1.12 bits per heavy atom. The number of nitrogens with one attached hydrogen (secondary N) is 1. The van der Waals surface area contributed by atoms with Crippen LogP contribution in [-0.4, -0.2) is 65.9 Å². The van der Waals surface area contributed by atoms with Gasteiger partial charge in [0.1, 0.15) is 17.4 Å². The molecule has 0 radical (unpaired) electrons. The van der Waals surface area contributed by atoms with Crippen LogP contribution < -0.4 is 10.2 Å². The molecule has 0 saturated carbocycles. The molecule has 9 heteroatoms. The van der Waals surface area contributed by atoms with Crippen LogP contribution in [0.25, 0.3) is 0 Å². The summed E-state index contributed by atoms with van der Waals surface area (Å²) in [6.45, 7) is 5.14. The molecule has 32 heavy (non-hydrogen) atoms. The smallest absolute Gasteiger partial charge is 0.328 e. The maximum Gasteiger partial charge on any atom is 0.328 e. The van der Waals surface area contributed by atoms with Gasteiger partial charge >= 0.3 is 5.97 Å². The molecule has 1 aromatic heterocycles. The zero-order chi connectivity index (χ0) is 22.5. The molecule has 2 aromatic rings. The molecule has 0 bridgehead atoms. The molecule has 3 heterocycles. The van der Waals surface area contributed by atoms with Crippen LogP contribution in [0.5, 0.6) is 0 Å². The Balaban J connectivity index is 1.25. The molecule has 4 rings (SSSR count). The highest BCUT2D eigenvalue weighted by Gasteiger charge is 2.34. The van der Waals surface area contributed by atoms with E-state index in [0.717, 1.165) is 49.3 Å². The zero-order valence-corrected chi connectivity index (χ0v) is 18.7. The number of likely N-dealkylation sites (tertiary alicyclic amines) is 1. The van der Waals surface area contributed by atoms with Gasteiger partial charge in [0.05, 0.1) is 13.5 Å². The number of hydrogen-bond acceptors (Lipinski definition) is 8. The van der Waals surface area contributed by atoms with Gasteiger partial charge in [-0.25, -0.2) is 9.42 Å². The lowest BCUT2D eigenvalue weighted by atomic mass is 10.0. The molecule has 1 aromatic carbocycles. The summed E-state index contributed by atoms with van der Waals surface area (Å²) < 4.78 is 9.59. The summed E-state index contributed by atoms with van der Waals surface area (Å²) in [5.74, 6) is -0.341. The minimum atomic E-state index is -0.439. The number of methoxy groups -OCH3 is 1. The number of nitrogens with zero attached hydrogens (tertiary/aromatic N) is 4. The van der Waals surface area contributed by atoms with Crippen molar-refractivity contribution in [3.63, 3.8) is 0 Å². The molecule has 2 fully saturated rings. The Kier molecular flexibility index (Phi) is 7.04. The molecule has 0 spiro atoms.